The monoisotopic (exact) mass is 162 g/mol. The molecule has 3 heteroatoms. The van der Waals surface area contributed by atoms with Crippen molar-refractivity contribution < 1.29 is 9.36 Å². The minimum atomic E-state index is -1.41. The highest BCUT2D eigenvalue weighted by molar-refractivity contribution is 7.44. The molecule has 0 aliphatic heterocycles. The predicted molar refractivity (Wildman–Crippen MR) is 44.3 cm³/mol. The summed E-state index contributed by atoms with van der Waals surface area (Å²) in [5.41, 5.74) is 0. The lowest BCUT2D eigenvalue weighted by Crippen LogP contribution is -1.92. The van der Waals surface area contributed by atoms with Gasteiger partial charge in [-0.3, -0.25) is 0 Å². The summed E-state index contributed by atoms with van der Waals surface area (Å²) >= 11 is 0. The van der Waals surface area contributed by atoms with Crippen LogP contribution >= 0.6 is 7.80 Å². The lowest BCUT2D eigenvalue weighted by atomic mass is 10.4. The average Bonchev–Trinajstić information content (AvgIpc) is 1.85. The van der Waals surface area contributed by atoms with Gasteiger partial charge in [0.15, 0.2) is 0 Å². The number of ketones is 1. The summed E-state index contributed by atoms with van der Waals surface area (Å²) in [6.45, 7) is 3.55. The van der Waals surface area contributed by atoms with E-state index in [1.165, 1.54) is 0 Å². The van der Waals surface area contributed by atoms with E-state index in [-0.39, 0.29) is 5.78 Å². The van der Waals surface area contributed by atoms with Crippen molar-refractivity contribution in [3.63, 3.8) is 0 Å². The summed E-state index contributed by atoms with van der Waals surface area (Å²) in [6, 6.07) is 0. The average molecular weight is 162 g/mol. The third-order valence-electron chi connectivity index (χ3n) is 1.28. The molecule has 0 spiro atoms. The van der Waals surface area contributed by atoms with Gasteiger partial charge in [-0.2, -0.15) is 0 Å². The van der Waals surface area contributed by atoms with Gasteiger partial charge in [0.1, 0.15) is 5.78 Å². The van der Waals surface area contributed by atoms with Gasteiger partial charge in [-0.1, -0.05) is 6.92 Å². The van der Waals surface area contributed by atoms with E-state index in [1.54, 1.807) is 6.92 Å². The maximum absolute atomic E-state index is 11.0. The van der Waals surface area contributed by atoms with Crippen LogP contribution < -0.4 is 0 Å². The Hall–Kier alpha value is -0.100. The van der Waals surface area contributed by atoms with Crippen molar-refractivity contribution in [2.24, 2.45) is 0 Å². The fraction of sp³-hybridized carbons (Fsp3) is 0.857. The van der Waals surface area contributed by atoms with E-state index >= 15 is 0 Å². The molecule has 0 saturated carbocycles. The van der Waals surface area contributed by atoms with Crippen LogP contribution in [0.1, 0.15) is 26.7 Å². The first kappa shape index (κ1) is 9.90. The number of hydrogen-bond donors (Lipinski definition) is 0. The lowest BCUT2D eigenvalue weighted by molar-refractivity contribution is -0.116. The third kappa shape index (κ3) is 6.03. The van der Waals surface area contributed by atoms with E-state index in [9.17, 15) is 9.36 Å². The molecule has 0 saturated heterocycles. The number of carbonyl (C=O) groups excluding carboxylic acids is 1. The van der Waals surface area contributed by atoms with Gasteiger partial charge < -0.3 is 9.36 Å². The van der Waals surface area contributed by atoms with Gasteiger partial charge in [-0.15, -0.1) is 0 Å². The van der Waals surface area contributed by atoms with Crippen LogP contribution in [-0.2, 0) is 9.36 Å². The number of hydrogen-bond acceptors (Lipinski definition) is 2. The Balaban J connectivity index is 3.30. The highest BCUT2D eigenvalue weighted by Gasteiger charge is 1.99. The molecule has 1 atom stereocenters. The molecule has 0 aromatic rings. The van der Waals surface area contributed by atoms with Crippen molar-refractivity contribution in [3.8, 4) is 0 Å². The van der Waals surface area contributed by atoms with E-state index in [2.05, 4.69) is 0 Å². The highest BCUT2D eigenvalue weighted by Crippen LogP contribution is 2.21. The number of rotatable bonds is 5. The molecule has 1 unspecified atom stereocenters. The van der Waals surface area contributed by atoms with Gasteiger partial charge in [-0.25, -0.2) is 0 Å². The third-order valence-corrected chi connectivity index (χ3v) is 3.15. The van der Waals surface area contributed by atoms with Gasteiger partial charge >= 0.3 is 0 Å². The molecule has 0 radical (unpaired) electrons. The second-order valence-corrected chi connectivity index (χ2v) is 4.57. The lowest BCUT2D eigenvalue weighted by Gasteiger charge is -1.95. The molecule has 0 rings (SSSR count). The largest absolute Gasteiger partial charge is 0.327 e. The van der Waals surface area contributed by atoms with E-state index in [0.29, 0.717) is 12.6 Å². The molecule has 10 heavy (non-hydrogen) atoms. The first-order valence-electron chi connectivity index (χ1n) is 3.68. The summed E-state index contributed by atoms with van der Waals surface area (Å²) < 4.78 is 11.0. The summed E-state index contributed by atoms with van der Waals surface area (Å²) in [7, 11) is -1.41. The normalized spacial score (nSPS) is 13.0. The molecule has 0 N–H and O–H groups in total. The second-order valence-electron chi connectivity index (χ2n) is 2.49. The molecule has 0 fully saturated rings. The molecule has 0 aliphatic carbocycles. The zero-order valence-electron chi connectivity index (χ0n) is 6.64. The van der Waals surface area contributed by atoms with Crippen molar-refractivity contribution in [2.75, 3.05) is 12.3 Å². The maximum Gasteiger partial charge on any atom is 0.130 e. The van der Waals surface area contributed by atoms with Crippen LogP contribution in [0.4, 0.5) is 0 Å². The Labute approximate surface area is 62.8 Å². The fourth-order valence-electron chi connectivity index (χ4n) is 0.719. The molecule has 0 aromatic carbocycles. The SMILES string of the molecule is CCC[PH](=O)CCC(C)=O. The van der Waals surface area contributed by atoms with Gasteiger partial charge in [0, 0.05) is 12.6 Å². The number of carbonyl (C=O) groups is 1. The summed E-state index contributed by atoms with van der Waals surface area (Å²) in [5, 5.41) is 0. The fourth-order valence-corrected chi connectivity index (χ4v) is 2.16. The zero-order chi connectivity index (χ0) is 7.98. The smallest absolute Gasteiger partial charge is 0.130 e. The first-order chi connectivity index (χ1) is 4.66. The molecule has 60 valence electrons. The van der Waals surface area contributed by atoms with Gasteiger partial charge in [0.2, 0.25) is 0 Å². The Morgan fingerprint density at radius 3 is 2.40 bits per heavy atom. The molecule has 0 aromatic heterocycles. The van der Waals surface area contributed by atoms with Crippen LogP contribution in [0.3, 0.4) is 0 Å². The van der Waals surface area contributed by atoms with Crippen LogP contribution in [0, 0.1) is 0 Å². The van der Waals surface area contributed by atoms with Crippen LogP contribution in [0.5, 0.6) is 0 Å². The van der Waals surface area contributed by atoms with Crippen LogP contribution in [0.25, 0.3) is 0 Å². The minimum Gasteiger partial charge on any atom is -0.327 e. The second kappa shape index (κ2) is 5.67. The maximum atomic E-state index is 11.0. The van der Waals surface area contributed by atoms with Crippen LogP contribution in [0.15, 0.2) is 0 Å². The van der Waals surface area contributed by atoms with Gasteiger partial charge in [0.05, 0.1) is 7.80 Å². The zero-order valence-corrected chi connectivity index (χ0v) is 7.64. The quantitative estimate of drug-likeness (QED) is 0.579. The topological polar surface area (TPSA) is 34.1 Å². The van der Waals surface area contributed by atoms with Crippen molar-refractivity contribution in [2.45, 2.75) is 26.7 Å². The van der Waals surface area contributed by atoms with Gasteiger partial charge in [0.25, 0.3) is 0 Å². The van der Waals surface area contributed by atoms with Crippen LogP contribution in [-0.4, -0.2) is 18.1 Å². The predicted octanol–water partition coefficient (Wildman–Crippen LogP) is 1.94. The molecular weight excluding hydrogens is 147 g/mol. The van der Waals surface area contributed by atoms with Crippen molar-refractivity contribution >= 4 is 13.6 Å². The van der Waals surface area contributed by atoms with Crippen molar-refractivity contribution in [1.29, 1.82) is 0 Å². The molecule has 0 heterocycles. The first-order valence-corrected chi connectivity index (χ1v) is 5.50. The van der Waals surface area contributed by atoms with E-state index in [4.69, 9.17) is 0 Å². The van der Waals surface area contributed by atoms with Crippen molar-refractivity contribution in [3.05, 3.63) is 0 Å². The summed E-state index contributed by atoms with van der Waals surface area (Å²) in [5.74, 6) is 0.148. The Kier molecular flexibility index (Phi) is 5.61. The molecule has 0 aliphatic rings. The standard InChI is InChI=1S/C7H15O2P/c1-3-5-10(9)6-4-7(2)8/h10H,3-6H2,1-2H3. The van der Waals surface area contributed by atoms with Crippen LogP contribution in [0.2, 0.25) is 0 Å². The highest BCUT2D eigenvalue weighted by atomic mass is 31.1. The van der Waals surface area contributed by atoms with E-state index in [1.807, 2.05) is 6.92 Å². The van der Waals surface area contributed by atoms with E-state index in [0.717, 1.165) is 12.6 Å². The summed E-state index contributed by atoms with van der Waals surface area (Å²) in [4.78, 5) is 10.4. The Bertz CT molecular complexity index is 132. The Morgan fingerprint density at radius 1 is 1.40 bits per heavy atom. The number of Topliss-reactive ketones (excluding diaryl/α,β-unsaturated/α-hetero) is 1. The molecule has 2 nitrogen and oxygen atoms in total. The van der Waals surface area contributed by atoms with E-state index < -0.39 is 7.80 Å². The molecule has 0 amide bonds. The van der Waals surface area contributed by atoms with Crippen molar-refractivity contribution in [1.82, 2.24) is 0 Å². The van der Waals surface area contributed by atoms with Gasteiger partial charge in [-0.05, 0) is 19.5 Å². The summed E-state index contributed by atoms with van der Waals surface area (Å²) in [6.07, 6.45) is 2.89. The molecule has 0 bridgehead atoms. The minimum absolute atomic E-state index is 0.148. The Morgan fingerprint density at radius 2 is 2.00 bits per heavy atom. The molecular formula is C7H15O2P.